The van der Waals surface area contributed by atoms with Gasteiger partial charge in [-0.25, -0.2) is 0 Å². The zero-order valence-electron chi connectivity index (χ0n) is 14.9. The van der Waals surface area contributed by atoms with Crippen LogP contribution in [0.3, 0.4) is 0 Å². The molecule has 0 amide bonds. The van der Waals surface area contributed by atoms with E-state index in [1.165, 1.54) is 121 Å². The van der Waals surface area contributed by atoms with E-state index in [0.29, 0.717) is 0 Å². The van der Waals surface area contributed by atoms with Gasteiger partial charge < -0.3 is 0 Å². The van der Waals surface area contributed by atoms with Crippen molar-refractivity contribution in [2.24, 2.45) is 0 Å². The monoisotopic (exact) mass is 356 g/mol. The van der Waals surface area contributed by atoms with Crippen LogP contribution in [0.1, 0.15) is 122 Å². The Hall–Kier alpha value is 0.558. The van der Waals surface area contributed by atoms with Crippen molar-refractivity contribution in [3.05, 3.63) is 0 Å². The second kappa shape index (κ2) is 20.6. The van der Waals surface area contributed by atoms with Crippen LogP contribution in [0.5, 0.6) is 0 Å². The van der Waals surface area contributed by atoms with Crippen molar-refractivity contribution in [1.29, 1.82) is 0 Å². The number of hydrogen-bond donors (Lipinski definition) is 0. The molecule has 21 heavy (non-hydrogen) atoms. The van der Waals surface area contributed by atoms with E-state index in [1.54, 1.807) is 0 Å². The van der Waals surface area contributed by atoms with Crippen molar-refractivity contribution in [3.63, 3.8) is 0 Å². The minimum atomic E-state index is 1.31. The topological polar surface area (TPSA) is 0 Å². The van der Waals surface area contributed by atoms with Crippen LogP contribution in [0.15, 0.2) is 0 Å². The third-order valence-corrected chi connectivity index (χ3v) is 5.18. The second-order valence-corrected chi connectivity index (χ2v) is 7.67. The quantitative estimate of drug-likeness (QED) is 0.175. The summed E-state index contributed by atoms with van der Waals surface area (Å²) >= 11 is 2.70. The SMILES string of the molecule is CCCCCCCCCCCCCCCCCCCC[As]. The van der Waals surface area contributed by atoms with Crippen LogP contribution in [-0.2, 0) is 0 Å². The summed E-state index contributed by atoms with van der Waals surface area (Å²) in [5.41, 5.74) is 0. The molecule has 0 unspecified atom stereocenters. The van der Waals surface area contributed by atoms with E-state index in [4.69, 9.17) is 0 Å². The van der Waals surface area contributed by atoms with Crippen molar-refractivity contribution in [3.8, 4) is 0 Å². The van der Waals surface area contributed by atoms with Gasteiger partial charge in [0.05, 0.1) is 0 Å². The van der Waals surface area contributed by atoms with E-state index in [2.05, 4.69) is 23.8 Å². The van der Waals surface area contributed by atoms with Gasteiger partial charge in [0.25, 0.3) is 0 Å². The Bertz CT molecular complexity index is 149. The van der Waals surface area contributed by atoms with Crippen LogP contribution >= 0.6 is 0 Å². The molecule has 0 aromatic rings. The number of rotatable bonds is 18. The summed E-state index contributed by atoms with van der Waals surface area (Å²) in [7, 11) is 0. The summed E-state index contributed by atoms with van der Waals surface area (Å²) in [6.45, 7) is 2.30. The summed E-state index contributed by atoms with van der Waals surface area (Å²) in [5.74, 6) is 0. The van der Waals surface area contributed by atoms with Crippen molar-refractivity contribution in [2.75, 3.05) is 0 Å². The van der Waals surface area contributed by atoms with E-state index < -0.39 is 0 Å². The van der Waals surface area contributed by atoms with Crippen LogP contribution < -0.4 is 0 Å². The van der Waals surface area contributed by atoms with Gasteiger partial charge in [0.2, 0.25) is 0 Å². The summed E-state index contributed by atoms with van der Waals surface area (Å²) in [4.78, 5) is 0. The van der Waals surface area contributed by atoms with Crippen molar-refractivity contribution in [1.82, 2.24) is 0 Å². The molecule has 0 fully saturated rings. The Balaban J connectivity index is 2.90. The maximum absolute atomic E-state index is 2.70. The average Bonchev–Trinajstić information content (AvgIpc) is 2.50. The average molecular weight is 356 g/mol. The number of unbranched alkanes of at least 4 members (excludes halogenated alkanes) is 17. The van der Waals surface area contributed by atoms with Crippen LogP contribution in [-0.4, -0.2) is 16.9 Å². The summed E-state index contributed by atoms with van der Waals surface area (Å²) in [6, 6.07) is 0. The first-order valence-electron chi connectivity index (χ1n) is 10.0. The van der Waals surface area contributed by atoms with E-state index in [-0.39, 0.29) is 0 Å². The minimum absolute atomic E-state index is 1.31. The molecule has 0 saturated heterocycles. The molecule has 0 N–H and O–H groups in total. The van der Waals surface area contributed by atoms with Crippen molar-refractivity contribution >= 4 is 16.9 Å². The molecule has 1 heteroatoms. The standard InChI is InChI=1S/C20H41As/c1-2-3-4-5-6-7-8-9-10-11-12-13-14-15-16-17-18-19-20-21/h2-20H2,1H3. The Labute approximate surface area is 144 Å². The van der Waals surface area contributed by atoms with Crippen LogP contribution in [0.4, 0.5) is 0 Å². The molecule has 0 heterocycles. The third kappa shape index (κ3) is 20.6. The fourth-order valence-corrected chi connectivity index (χ4v) is 3.48. The van der Waals surface area contributed by atoms with E-state index >= 15 is 0 Å². The molecule has 0 bridgehead atoms. The molecule has 0 aromatic carbocycles. The molecule has 0 saturated carbocycles. The van der Waals surface area contributed by atoms with Gasteiger partial charge in [0, 0.05) is 0 Å². The third-order valence-electron chi connectivity index (χ3n) is 4.51. The molecule has 0 aliphatic rings. The first-order chi connectivity index (χ1) is 10.4. The normalized spacial score (nSPS) is 11.1. The van der Waals surface area contributed by atoms with Crippen LogP contribution in [0.25, 0.3) is 0 Å². The summed E-state index contributed by atoms with van der Waals surface area (Å²) in [6.07, 6.45) is 26.4. The molecular weight excluding hydrogens is 315 g/mol. The Morgan fingerprint density at radius 1 is 0.381 bits per heavy atom. The fourth-order valence-electron chi connectivity index (χ4n) is 3.01. The first kappa shape index (κ1) is 21.6. The maximum atomic E-state index is 2.70. The predicted octanol–water partition coefficient (Wildman–Crippen LogP) is 7.61. The molecule has 0 aromatic heterocycles. The van der Waals surface area contributed by atoms with Gasteiger partial charge in [0.15, 0.2) is 0 Å². The van der Waals surface area contributed by atoms with Gasteiger partial charge in [-0.1, -0.05) is 51.9 Å². The van der Waals surface area contributed by atoms with Crippen molar-refractivity contribution in [2.45, 2.75) is 128 Å². The predicted molar refractivity (Wildman–Crippen MR) is 99.3 cm³/mol. The summed E-state index contributed by atoms with van der Waals surface area (Å²) in [5, 5.41) is 1.31. The van der Waals surface area contributed by atoms with Crippen LogP contribution in [0, 0.1) is 0 Å². The van der Waals surface area contributed by atoms with Gasteiger partial charge in [-0.3, -0.25) is 0 Å². The van der Waals surface area contributed by atoms with E-state index in [1.807, 2.05) is 0 Å². The van der Waals surface area contributed by atoms with Gasteiger partial charge in [-0.05, 0) is 0 Å². The van der Waals surface area contributed by atoms with Gasteiger partial charge >= 0.3 is 92.7 Å². The molecule has 0 rings (SSSR count). The van der Waals surface area contributed by atoms with Crippen molar-refractivity contribution < 1.29 is 0 Å². The van der Waals surface area contributed by atoms with Gasteiger partial charge in [0.1, 0.15) is 0 Å². The Kier molecular flexibility index (Phi) is 21.1. The van der Waals surface area contributed by atoms with E-state index in [0.717, 1.165) is 0 Å². The molecule has 0 aliphatic heterocycles. The van der Waals surface area contributed by atoms with Gasteiger partial charge in [-0.15, -0.1) is 0 Å². The summed E-state index contributed by atoms with van der Waals surface area (Å²) < 4.78 is 0. The van der Waals surface area contributed by atoms with E-state index in [9.17, 15) is 0 Å². The zero-order chi connectivity index (χ0) is 15.4. The van der Waals surface area contributed by atoms with Gasteiger partial charge in [-0.2, -0.15) is 0 Å². The Morgan fingerprint density at radius 2 is 0.619 bits per heavy atom. The fraction of sp³-hybridized carbons (Fsp3) is 1.00. The van der Waals surface area contributed by atoms with Crippen LogP contribution in [0.2, 0.25) is 5.21 Å². The Morgan fingerprint density at radius 3 is 0.857 bits per heavy atom. The molecule has 0 aliphatic carbocycles. The molecule has 2 radical (unpaired) electrons. The number of hydrogen-bond acceptors (Lipinski definition) is 0. The first-order valence-corrected chi connectivity index (χ1v) is 11.4. The second-order valence-electron chi connectivity index (χ2n) is 6.73. The molecule has 0 nitrogen and oxygen atoms in total. The molecule has 0 spiro atoms. The molecule has 126 valence electrons. The molecular formula is C20H41As. The molecule has 0 atom stereocenters. The zero-order valence-corrected chi connectivity index (χ0v) is 16.8.